The smallest absolute Gasteiger partial charge is 0.126 e. The van der Waals surface area contributed by atoms with Gasteiger partial charge in [-0.25, -0.2) is 4.99 Å². The molecule has 0 aliphatic rings. The van der Waals surface area contributed by atoms with Crippen molar-refractivity contribution in [3.8, 4) is 5.75 Å². The SMILES string of the molecule is Cc1ccc(O/C=C/C=NC=N)cc1. The Morgan fingerprint density at radius 3 is 2.64 bits per heavy atom. The molecule has 3 nitrogen and oxygen atoms in total. The van der Waals surface area contributed by atoms with Crippen molar-refractivity contribution in [2.75, 3.05) is 0 Å². The fourth-order valence-corrected chi connectivity index (χ4v) is 0.863. The van der Waals surface area contributed by atoms with Gasteiger partial charge in [0.15, 0.2) is 0 Å². The second-order valence-corrected chi connectivity index (χ2v) is 2.69. The lowest BCUT2D eigenvalue weighted by atomic mass is 10.2. The van der Waals surface area contributed by atoms with E-state index in [0.29, 0.717) is 0 Å². The van der Waals surface area contributed by atoms with Crippen LogP contribution in [0, 0.1) is 12.3 Å². The molecule has 0 aliphatic carbocycles. The largest absolute Gasteiger partial charge is 0.465 e. The summed E-state index contributed by atoms with van der Waals surface area (Å²) in [4.78, 5) is 3.57. The summed E-state index contributed by atoms with van der Waals surface area (Å²) in [6.45, 7) is 2.02. The summed E-state index contributed by atoms with van der Waals surface area (Å²) >= 11 is 0. The number of nitrogens with one attached hydrogen (secondary N) is 1. The zero-order valence-electron chi connectivity index (χ0n) is 7.97. The Hall–Kier alpha value is -1.90. The first-order chi connectivity index (χ1) is 6.83. The van der Waals surface area contributed by atoms with Crippen LogP contribution < -0.4 is 4.74 Å². The maximum Gasteiger partial charge on any atom is 0.126 e. The van der Waals surface area contributed by atoms with Crippen molar-refractivity contribution >= 4 is 12.6 Å². The minimum absolute atomic E-state index is 0.787. The lowest BCUT2D eigenvalue weighted by Gasteiger charge is -1.98. The standard InChI is InChI=1S/C11H12N2O/c1-10-3-5-11(6-4-10)14-8-2-7-13-9-12/h2-9,12H,1H3/b8-2+,12-9?,13-7?. The highest BCUT2D eigenvalue weighted by Crippen LogP contribution is 2.11. The third kappa shape index (κ3) is 3.67. The molecule has 1 aromatic carbocycles. The zero-order chi connectivity index (χ0) is 10.2. The van der Waals surface area contributed by atoms with Crippen LogP contribution in [-0.2, 0) is 0 Å². The van der Waals surface area contributed by atoms with Gasteiger partial charge in [-0.2, -0.15) is 0 Å². The molecule has 0 bridgehead atoms. The molecule has 0 amide bonds. The van der Waals surface area contributed by atoms with E-state index < -0.39 is 0 Å². The number of benzene rings is 1. The predicted molar refractivity (Wildman–Crippen MR) is 58.2 cm³/mol. The van der Waals surface area contributed by atoms with Gasteiger partial charge in [-0.15, -0.1) is 0 Å². The van der Waals surface area contributed by atoms with Gasteiger partial charge in [-0.1, -0.05) is 17.7 Å². The van der Waals surface area contributed by atoms with Gasteiger partial charge in [-0.05, 0) is 25.1 Å². The average Bonchev–Trinajstić information content (AvgIpc) is 2.21. The number of rotatable bonds is 4. The molecular weight excluding hydrogens is 176 g/mol. The zero-order valence-corrected chi connectivity index (χ0v) is 7.97. The van der Waals surface area contributed by atoms with E-state index in [1.54, 1.807) is 6.08 Å². The highest BCUT2D eigenvalue weighted by molar-refractivity contribution is 5.78. The van der Waals surface area contributed by atoms with Gasteiger partial charge in [0.25, 0.3) is 0 Å². The number of hydrogen-bond donors (Lipinski definition) is 1. The molecule has 72 valence electrons. The topological polar surface area (TPSA) is 45.4 Å². The normalized spacial score (nSPS) is 10.9. The predicted octanol–water partition coefficient (Wildman–Crippen LogP) is 2.57. The van der Waals surface area contributed by atoms with Gasteiger partial charge in [0.1, 0.15) is 12.1 Å². The minimum Gasteiger partial charge on any atom is -0.465 e. The van der Waals surface area contributed by atoms with E-state index >= 15 is 0 Å². The first-order valence-corrected chi connectivity index (χ1v) is 4.23. The summed E-state index contributed by atoms with van der Waals surface area (Å²) in [5.41, 5.74) is 1.20. The van der Waals surface area contributed by atoms with Crippen molar-refractivity contribution < 1.29 is 4.74 Å². The van der Waals surface area contributed by atoms with Crippen molar-refractivity contribution in [1.82, 2.24) is 0 Å². The third-order valence-corrected chi connectivity index (χ3v) is 1.55. The molecule has 1 rings (SSSR count). The van der Waals surface area contributed by atoms with Crippen LogP contribution >= 0.6 is 0 Å². The lowest BCUT2D eigenvalue weighted by molar-refractivity contribution is 0.482. The van der Waals surface area contributed by atoms with E-state index in [0.717, 1.165) is 12.1 Å². The van der Waals surface area contributed by atoms with Crippen LogP contribution in [0.5, 0.6) is 5.75 Å². The number of allylic oxidation sites excluding steroid dienone is 1. The van der Waals surface area contributed by atoms with Crippen LogP contribution in [0.4, 0.5) is 0 Å². The van der Waals surface area contributed by atoms with Gasteiger partial charge >= 0.3 is 0 Å². The number of ether oxygens (including phenoxy) is 1. The monoisotopic (exact) mass is 188 g/mol. The summed E-state index contributed by atoms with van der Waals surface area (Å²) in [5.74, 6) is 0.787. The van der Waals surface area contributed by atoms with Gasteiger partial charge in [0.2, 0.25) is 0 Å². The van der Waals surface area contributed by atoms with Crippen LogP contribution in [0.15, 0.2) is 41.6 Å². The second kappa shape index (κ2) is 5.70. The summed E-state index contributed by atoms with van der Waals surface area (Å²) in [6, 6.07) is 7.75. The molecule has 0 radical (unpaired) electrons. The molecule has 0 aromatic heterocycles. The van der Waals surface area contributed by atoms with Gasteiger partial charge in [0.05, 0.1) is 6.26 Å². The fraction of sp³-hybridized carbons (Fsp3) is 0.0909. The molecule has 0 aliphatic heterocycles. The molecule has 0 unspecified atom stereocenters. The van der Waals surface area contributed by atoms with Crippen molar-refractivity contribution in [1.29, 1.82) is 5.41 Å². The molecule has 0 saturated heterocycles. The Kier molecular flexibility index (Phi) is 4.14. The average molecular weight is 188 g/mol. The van der Waals surface area contributed by atoms with Gasteiger partial charge in [0, 0.05) is 6.21 Å². The second-order valence-electron chi connectivity index (χ2n) is 2.69. The van der Waals surface area contributed by atoms with Crippen molar-refractivity contribution in [2.24, 2.45) is 4.99 Å². The maximum absolute atomic E-state index is 6.63. The van der Waals surface area contributed by atoms with Crippen LogP contribution in [0.2, 0.25) is 0 Å². The number of aryl methyl sites for hydroxylation is 1. The molecular formula is C11H12N2O. The molecule has 0 spiro atoms. The molecule has 0 fully saturated rings. The highest BCUT2D eigenvalue weighted by atomic mass is 16.5. The van der Waals surface area contributed by atoms with E-state index in [9.17, 15) is 0 Å². The van der Waals surface area contributed by atoms with Crippen molar-refractivity contribution in [3.63, 3.8) is 0 Å². The molecule has 1 aromatic rings. The van der Waals surface area contributed by atoms with Crippen molar-refractivity contribution in [2.45, 2.75) is 6.92 Å². The summed E-state index contributed by atoms with van der Waals surface area (Å²) < 4.78 is 5.26. The molecule has 14 heavy (non-hydrogen) atoms. The van der Waals surface area contributed by atoms with E-state index in [4.69, 9.17) is 10.1 Å². The van der Waals surface area contributed by atoms with Gasteiger partial charge < -0.3 is 4.74 Å². The van der Waals surface area contributed by atoms with E-state index in [1.165, 1.54) is 18.0 Å². The lowest BCUT2D eigenvalue weighted by Crippen LogP contribution is -1.82. The summed E-state index contributed by atoms with van der Waals surface area (Å²) in [5, 5.41) is 6.63. The summed E-state index contributed by atoms with van der Waals surface area (Å²) in [6.07, 6.45) is 5.61. The molecule has 0 heterocycles. The first-order valence-electron chi connectivity index (χ1n) is 4.23. The number of nitrogens with zero attached hydrogens (tertiary/aromatic N) is 1. The summed E-state index contributed by atoms with van der Waals surface area (Å²) in [7, 11) is 0. The Bertz CT molecular complexity index is 339. The highest BCUT2D eigenvalue weighted by Gasteiger charge is 1.87. The number of hydrogen-bond acceptors (Lipinski definition) is 2. The Morgan fingerprint density at radius 2 is 2.00 bits per heavy atom. The van der Waals surface area contributed by atoms with E-state index in [2.05, 4.69) is 4.99 Å². The van der Waals surface area contributed by atoms with Crippen LogP contribution in [0.25, 0.3) is 0 Å². The quantitative estimate of drug-likeness (QED) is 0.440. The van der Waals surface area contributed by atoms with E-state index in [1.807, 2.05) is 31.2 Å². The first kappa shape index (κ1) is 10.2. The maximum atomic E-state index is 6.63. The van der Waals surface area contributed by atoms with Crippen LogP contribution in [0.1, 0.15) is 5.56 Å². The molecule has 0 atom stereocenters. The Balaban J connectivity index is 2.45. The van der Waals surface area contributed by atoms with E-state index in [-0.39, 0.29) is 0 Å². The number of aliphatic imine (C=N–C) groups is 1. The fourth-order valence-electron chi connectivity index (χ4n) is 0.863. The van der Waals surface area contributed by atoms with Crippen LogP contribution in [0.3, 0.4) is 0 Å². The van der Waals surface area contributed by atoms with Gasteiger partial charge in [-0.3, -0.25) is 5.41 Å². The Morgan fingerprint density at radius 1 is 1.29 bits per heavy atom. The van der Waals surface area contributed by atoms with Crippen LogP contribution in [-0.4, -0.2) is 12.6 Å². The molecule has 1 N–H and O–H groups in total. The molecule has 3 heteroatoms. The molecule has 0 saturated carbocycles. The van der Waals surface area contributed by atoms with Crippen molar-refractivity contribution in [3.05, 3.63) is 42.2 Å². The third-order valence-electron chi connectivity index (χ3n) is 1.55. The Labute approximate surface area is 83.3 Å². The minimum atomic E-state index is 0.787.